The number of hydrogen-bond acceptors (Lipinski definition) is 2. The summed E-state index contributed by atoms with van der Waals surface area (Å²) in [5, 5.41) is 10.1. The van der Waals surface area contributed by atoms with Gasteiger partial charge in [0.1, 0.15) is 0 Å². The van der Waals surface area contributed by atoms with Crippen LogP contribution >= 0.6 is 11.6 Å². The zero-order chi connectivity index (χ0) is 15.0. The Morgan fingerprint density at radius 1 is 1.33 bits per heavy atom. The van der Waals surface area contributed by atoms with E-state index in [0.717, 1.165) is 29.0 Å². The lowest BCUT2D eigenvalue weighted by molar-refractivity contribution is -0.159. The number of hydrogen-bond donors (Lipinski definition) is 1. The van der Waals surface area contributed by atoms with Gasteiger partial charge in [0.05, 0.1) is 5.41 Å². The summed E-state index contributed by atoms with van der Waals surface area (Å²) < 4.78 is 0. The van der Waals surface area contributed by atoms with Crippen molar-refractivity contribution in [1.82, 2.24) is 4.90 Å². The van der Waals surface area contributed by atoms with Crippen molar-refractivity contribution in [3.63, 3.8) is 0 Å². The van der Waals surface area contributed by atoms with Crippen LogP contribution in [0.25, 0.3) is 0 Å². The van der Waals surface area contributed by atoms with Crippen molar-refractivity contribution in [1.29, 1.82) is 0 Å². The molecule has 2 aliphatic rings. The number of fused-ring (bicyclic) bond motifs is 1. The number of rotatable bonds is 3. The number of carboxylic acids is 1. The maximum atomic E-state index is 12.4. The van der Waals surface area contributed by atoms with Crippen molar-refractivity contribution in [2.75, 3.05) is 6.54 Å². The molecule has 1 N–H and O–H groups in total. The Labute approximate surface area is 128 Å². The van der Waals surface area contributed by atoms with E-state index in [1.54, 1.807) is 4.90 Å². The van der Waals surface area contributed by atoms with Gasteiger partial charge in [-0.15, -0.1) is 0 Å². The number of halogens is 1. The Morgan fingerprint density at radius 3 is 2.71 bits per heavy atom. The van der Waals surface area contributed by atoms with Gasteiger partial charge in [-0.3, -0.25) is 9.59 Å². The Kier molecular flexibility index (Phi) is 3.66. The van der Waals surface area contributed by atoms with Crippen LogP contribution < -0.4 is 0 Å². The topological polar surface area (TPSA) is 57.6 Å². The van der Waals surface area contributed by atoms with Crippen LogP contribution in [0.1, 0.15) is 36.8 Å². The minimum Gasteiger partial charge on any atom is -0.481 e. The van der Waals surface area contributed by atoms with Gasteiger partial charge in [0.15, 0.2) is 0 Å². The van der Waals surface area contributed by atoms with Crippen molar-refractivity contribution >= 4 is 23.5 Å². The maximum absolute atomic E-state index is 12.4. The molecule has 0 radical (unpaired) electrons. The maximum Gasteiger partial charge on any atom is 0.310 e. The third-order valence-corrected chi connectivity index (χ3v) is 5.17. The Hall–Kier alpha value is -1.55. The van der Waals surface area contributed by atoms with Crippen LogP contribution in [0, 0.1) is 5.41 Å². The van der Waals surface area contributed by atoms with Gasteiger partial charge < -0.3 is 10.0 Å². The first-order chi connectivity index (χ1) is 10.0. The zero-order valence-corrected chi connectivity index (χ0v) is 12.5. The fourth-order valence-corrected chi connectivity index (χ4v) is 3.54. The summed E-state index contributed by atoms with van der Waals surface area (Å²) in [6, 6.07) is 5.74. The largest absolute Gasteiger partial charge is 0.481 e. The Morgan fingerprint density at radius 2 is 2.10 bits per heavy atom. The lowest BCUT2D eigenvalue weighted by Crippen LogP contribution is -2.45. The molecule has 1 aromatic rings. The number of carboxylic acid groups (broad SMARTS) is 1. The average Bonchev–Trinajstić information content (AvgIpc) is 2.42. The molecule has 1 aliphatic heterocycles. The molecule has 112 valence electrons. The van der Waals surface area contributed by atoms with E-state index < -0.39 is 11.4 Å². The second-order valence-electron chi connectivity index (χ2n) is 6.06. The summed E-state index contributed by atoms with van der Waals surface area (Å²) in [7, 11) is 0. The number of carbonyl (C=O) groups is 2. The SMILES string of the molecule is O=C(CC1(C(=O)O)CCC1)N1CCc2c(Cl)cccc2C1. The van der Waals surface area contributed by atoms with Gasteiger partial charge in [-0.25, -0.2) is 0 Å². The van der Waals surface area contributed by atoms with E-state index in [2.05, 4.69) is 0 Å². The quantitative estimate of drug-likeness (QED) is 0.934. The van der Waals surface area contributed by atoms with E-state index in [-0.39, 0.29) is 12.3 Å². The van der Waals surface area contributed by atoms with Gasteiger partial charge in [-0.05, 0) is 36.5 Å². The van der Waals surface area contributed by atoms with Crippen LogP contribution in [0.4, 0.5) is 0 Å². The first kappa shape index (κ1) is 14.4. The minimum absolute atomic E-state index is 0.0530. The molecule has 1 fully saturated rings. The normalized spacial score (nSPS) is 19.6. The van der Waals surface area contributed by atoms with E-state index in [1.165, 1.54) is 0 Å². The Bertz CT molecular complexity index is 595. The van der Waals surface area contributed by atoms with E-state index in [0.29, 0.717) is 25.9 Å². The van der Waals surface area contributed by atoms with Gasteiger partial charge in [0.25, 0.3) is 0 Å². The van der Waals surface area contributed by atoms with E-state index in [4.69, 9.17) is 11.6 Å². The van der Waals surface area contributed by atoms with Crippen LogP contribution in [0.3, 0.4) is 0 Å². The fourth-order valence-electron chi connectivity index (χ4n) is 3.25. The molecular formula is C16H18ClNO3. The summed E-state index contributed by atoms with van der Waals surface area (Å²) in [5.74, 6) is -0.884. The monoisotopic (exact) mass is 307 g/mol. The third kappa shape index (κ3) is 2.53. The molecule has 3 rings (SSSR count). The summed E-state index contributed by atoms with van der Waals surface area (Å²) >= 11 is 6.17. The van der Waals surface area contributed by atoms with Crippen LogP contribution in [-0.4, -0.2) is 28.4 Å². The molecule has 0 bridgehead atoms. The second kappa shape index (κ2) is 5.34. The first-order valence-electron chi connectivity index (χ1n) is 7.29. The highest BCUT2D eigenvalue weighted by atomic mass is 35.5. The van der Waals surface area contributed by atoms with Crippen molar-refractivity contribution in [2.45, 2.75) is 38.6 Å². The highest BCUT2D eigenvalue weighted by Crippen LogP contribution is 2.44. The van der Waals surface area contributed by atoms with Crippen LogP contribution in [0.2, 0.25) is 5.02 Å². The molecule has 21 heavy (non-hydrogen) atoms. The number of benzene rings is 1. The second-order valence-corrected chi connectivity index (χ2v) is 6.47. The molecule has 1 aromatic carbocycles. The molecule has 1 saturated carbocycles. The van der Waals surface area contributed by atoms with Gasteiger partial charge in [-0.2, -0.15) is 0 Å². The van der Waals surface area contributed by atoms with Crippen molar-refractivity contribution in [2.24, 2.45) is 5.41 Å². The third-order valence-electron chi connectivity index (χ3n) is 4.82. The smallest absolute Gasteiger partial charge is 0.310 e. The zero-order valence-electron chi connectivity index (χ0n) is 11.8. The number of nitrogens with zero attached hydrogens (tertiary/aromatic N) is 1. The van der Waals surface area contributed by atoms with Crippen LogP contribution in [0.15, 0.2) is 18.2 Å². The first-order valence-corrected chi connectivity index (χ1v) is 7.67. The lowest BCUT2D eigenvalue weighted by Gasteiger charge is -2.39. The van der Waals surface area contributed by atoms with Gasteiger partial charge in [0.2, 0.25) is 5.91 Å². The Balaban J connectivity index is 1.71. The minimum atomic E-state index is -0.831. The number of amides is 1. The van der Waals surface area contributed by atoms with E-state index >= 15 is 0 Å². The van der Waals surface area contributed by atoms with Crippen molar-refractivity contribution < 1.29 is 14.7 Å². The fraction of sp³-hybridized carbons (Fsp3) is 0.500. The highest BCUT2D eigenvalue weighted by molar-refractivity contribution is 6.31. The molecule has 5 heteroatoms. The summed E-state index contributed by atoms with van der Waals surface area (Å²) in [5.41, 5.74) is 1.37. The molecule has 1 amide bonds. The van der Waals surface area contributed by atoms with Gasteiger partial charge in [-0.1, -0.05) is 30.2 Å². The molecule has 4 nitrogen and oxygen atoms in total. The van der Waals surface area contributed by atoms with Gasteiger partial charge in [0, 0.05) is 24.5 Å². The molecular weight excluding hydrogens is 290 g/mol. The van der Waals surface area contributed by atoms with E-state index in [1.807, 2.05) is 18.2 Å². The molecule has 0 spiro atoms. The molecule has 0 aromatic heterocycles. The van der Waals surface area contributed by atoms with E-state index in [9.17, 15) is 14.7 Å². The van der Waals surface area contributed by atoms with Crippen molar-refractivity contribution in [3.8, 4) is 0 Å². The standard InChI is InChI=1S/C16H18ClNO3/c17-13-4-1-3-11-10-18(8-5-12(11)13)14(19)9-16(15(20)21)6-2-7-16/h1,3-4H,2,5-10H2,(H,20,21). The molecule has 1 aliphatic carbocycles. The molecule has 0 unspecified atom stereocenters. The van der Waals surface area contributed by atoms with Crippen LogP contribution in [0.5, 0.6) is 0 Å². The summed E-state index contributed by atoms with van der Waals surface area (Å²) in [6.07, 6.45) is 2.99. The van der Waals surface area contributed by atoms with Gasteiger partial charge >= 0.3 is 5.97 Å². The highest BCUT2D eigenvalue weighted by Gasteiger charge is 2.46. The van der Waals surface area contributed by atoms with Crippen molar-refractivity contribution in [3.05, 3.63) is 34.3 Å². The predicted octanol–water partition coefficient (Wildman–Crippen LogP) is 2.87. The molecule has 1 heterocycles. The average molecular weight is 308 g/mol. The summed E-state index contributed by atoms with van der Waals surface area (Å²) in [4.78, 5) is 25.6. The molecule has 0 atom stereocenters. The summed E-state index contributed by atoms with van der Waals surface area (Å²) in [6.45, 7) is 1.15. The lowest BCUT2D eigenvalue weighted by atomic mass is 9.66. The molecule has 0 saturated heterocycles. The number of aliphatic carboxylic acids is 1. The number of carbonyl (C=O) groups excluding carboxylic acids is 1. The predicted molar refractivity (Wildman–Crippen MR) is 79.1 cm³/mol. The van der Waals surface area contributed by atoms with Crippen LogP contribution in [-0.2, 0) is 22.6 Å².